The van der Waals surface area contributed by atoms with Crippen molar-refractivity contribution in [2.45, 2.75) is 13.5 Å². The van der Waals surface area contributed by atoms with Crippen molar-refractivity contribution in [3.05, 3.63) is 65.7 Å². The van der Waals surface area contributed by atoms with Crippen molar-refractivity contribution in [2.24, 2.45) is 0 Å². The summed E-state index contributed by atoms with van der Waals surface area (Å²) in [5.74, 6) is 0.697. The summed E-state index contributed by atoms with van der Waals surface area (Å²) in [5, 5.41) is 2.94. The van der Waals surface area contributed by atoms with Crippen LogP contribution in [0.5, 0.6) is 5.75 Å². The van der Waals surface area contributed by atoms with Gasteiger partial charge in [0.2, 0.25) is 5.91 Å². The molecular formula is C22H27N3O3. The van der Waals surface area contributed by atoms with Crippen LogP contribution in [0.2, 0.25) is 0 Å². The number of hydrogen-bond donors (Lipinski definition) is 1. The van der Waals surface area contributed by atoms with Crippen molar-refractivity contribution in [1.29, 1.82) is 0 Å². The Kier molecular flexibility index (Phi) is 7.03. The molecule has 0 bridgehead atoms. The molecule has 6 heteroatoms. The maximum Gasteiger partial charge on any atom is 0.260 e. The summed E-state index contributed by atoms with van der Waals surface area (Å²) >= 11 is 0. The number of piperazine rings is 1. The number of rotatable bonds is 7. The molecule has 2 aromatic rings. The highest BCUT2D eigenvalue weighted by Crippen LogP contribution is 2.12. The minimum atomic E-state index is -0.0188. The Morgan fingerprint density at radius 2 is 1.75 bits per heavy atom. The number of carbonyl (C=O) groups is 2. The van der Waals surface area contributed by atoms with Crippen molar-refractivity contribution < 1.29 is 14.3 Å². The van der Waals surface area contributed by atoms with E-state index in [1.165, 1.54) is 0 Å². The number of carbonyl (C=O) groups excluding carboxylic acids is 2. The maximum atomic E-state index is 12.3. The molecule has 1 saturated heterocycles. The summed E-state index contributed by atoms with van der Waals surface area (Å²) in [6, 6.07) is 17.5. The number of nitrogens with zero attached hydrogens (tertiary/aromatic N) is 2. The number of aryl methyl sites for hydroxylation is 1. The van der Waals surface area contributed by atoms with Crippen LogP contribution in [0.1, 0.15) is 11.1 Å². The molecule has 1 aliphatic rings. The van der Waals surface area contributed by atoms with Gasteiger partial charge in [0.25, 0.3) is 5.91 Å². The molecule has 1 aliphatic heterocycles. The van der Waals surface area contributed by atoms with Crippen molar-refractivity contribution in [2.75, 3.05) is 39.3 Å². The molecule has 0 aromatic heterocycles. The number of hydrogen-bond acceptors (Lipinski definition) is 4. The molecule has 0 spiro atoms. The molecule has 0 radical (unpaired) electrons. The fourth-order valence-electron chi connectivity index (χ4n) is 3.15. The molecule has 1 fully saturated rings. The van der Waals surface area contributed by atoms with Crippen LogP contribution in [0.3, 0.4) is 0 Å². The lowest BCUT2D eigenvalue weighted by molar-refractivity contribution is -0.135. The molecule has 0 unspecified atom stereocenters. The van der Waals surface area contributed by atoms with Gasteiger partial charge in [-0.1, -0.05) is 42.5 Å². The molecular weight excluding hydrogens is 354 g/mol. The van der Waals surface area contributed by atoms with E-state index in [0.29, 0.717) is 45.0 Å². The number of benzene rings is 2. The highest BCUT2D eigenvalue weighted by molar-refractivity contribution is 5.79. The highest BCUT2D eigenvalue weighted by Gasteiger charge is 2.22. The van der Waals surface area contributed by atoms with Gasteiger partial charge in [-0.2, -0.15) is 0 Å². The van der Waals surface area contributed by atoms with E-state index in [9.17, 15) is 9.59 Å². The summed E-state index contributed by atoms with van der Waals surface area (Å²) < 4.78 is 5.60. The molecule has 0 aliphatic carbocycles. The normalized spacial score (nSPS) is 14.5. The predicted molar refractivity (Wildman–Crippen MR) is 108 cm³/mol. The largest absolute Gasteiger partial charge is 0.484 e. The molecule has 0 saturated carbocycles. The SMILES string of the molecule is Cc1cccc(OCC(=O)N2CCN(CC(=O)NCc3ccccc3)CC2)c1. The van der Waals surface area contributed by atoms with Gasteiger partial charge in [0.1, 0.15) is 5.75 Å². The molecule has 2 aromatic carbocycles. The Hall–Kier alpha value is -2.86. The standard InChI is InChI=1S/C22H27N3O3/c1-18-6-5-9-20(14-18)28-17-22(27)25-12-10-24(11-13-25)16-21(26)23-15-19-7-3-2-4-8-19/h2-9,14H,10-13,15-17H2,1H3,(H,23,26). The van der Waals surface area contributed by atoms with Crippen molar-refractivity contribution in [3.8, 4) is 5.75 Å². The van der Waals surface area contributed by atoms with Crippen LogP contribution in [0, 0.1) is 6.92 Å². The zero-order valence-electron chi connectivity index (χ0n) is 16.3. The summed E-state index contributed by atoms with van der Waals surface area (Å²) in [6.45, 7) is 5.53. The van der Waals surface area contributed by atoms with Gasteiger partial charge in [-0.15, -0.1) is 0 Å². The second kappa shape index (κ2) is 9.90. The predicted octanol–water partition coefficient (Wildman–Crippen LogP) is 1.83. The smallest absolute Gasteiger partial charge is 0.260 e. The molecule has 6 nitrogen and oxygen atoms in total. The van der Waals surface area contributed by atoms with Gasteiger partial charge < -0.3 is 15.0 Å². The molecule has 28 heavy (non-hydrogen) atoms. The van der Waals surface area contributed by atoms with Crippen LogP contribution >= 0.6 is 0 Å². The first kappa shape index (κ1) is 19.9. The van der Waals surface area contributed by atoms with E-state index in [4.69, 9.17) is 4.74 Å². The Bertz CT molecular complexity index is 787. The van der Waals surface area contributed by atoms with Crippen LogP contribution < -0.4 is 10.1 Å². The van der Waals surface area contributed by atoms with Gasteiger partial charge in [-0.3, -0.25) is 14.5 Å². The first-order valence-electron chi connectivity index (χ1n) is 9.60. The second-order valence-electron chi connectivity index (χ2n) is 7.02. The molecule has 1 heterocycles. The molecule has 3 rings (SSSR count). The van der Waals surface area contributed by atoms with Crippen molar-refractivity contribution >= 4 is 11.8 Å². The minimum Gasteiger partial charge on any atom is -0.484 e. The average molecular weight is 381 g/mol. The van der Waals surface area contributed by atoms with E-state index in [0.717, 1.165) is 11.1 Å². The van der Waals surface area contributed by atoms with E-state index in [2.05, 4.69) is 10.2 Å². The van der Waals surface area contributed by atoms with Crippen molar-refractivity contribution in [3.63, 3.8) is 0 Å². The van der Waals surface area contributed by atoms with Gasteiger partial charge in [-0.25, -0.2) is 0 Å². The van der Waals surface area contributed by atoms with Gasteiger partial charge >= 0.3 is 0 Å². The van der Waals surface area contributed by atoms with Gasteiger partial charge in [0.05, 0.1) is 6.54 Å². The maximum absolute atomic E-state index is 12.3. The zero-order valence-corrected chi connectivity index (χ0v) is 16.3. The van der Waals surface area contributed by atoms with Crippen LogP contribution in [-0.2, 0) is 16.1 Å². The van der Waals surface area contributed by atoms with E-state index in [-0.39, 0.29) is 18.4 Å². The lowest BCUT2D eigenvalue weighted by Crippen LogP contribution is -2.52. The minimum absolute atomic E-state index is 0.00594. The van der Waals surface area contributed by atoms with Crippen LogP contribution in [0.25, 0.3) is 0 Å². The van der Waals surface area contributed by atoms with Gasteiger partial charge in [-0.05, 0) is 30.2 Å². The third-order valence-corrected chi connectivity index (χ3v) is 4.78. The Balaban J connectivity index is 1.35. The fraction of sp³-hybridized carbons (Fsp3) is 0.364. The third kappa shape index (κ3) is 6.09. The Morgan fingerprint density at radius 1 is 1.00 bits per heavy atom. The fourth-order valence-corrected chi connectivity index (χ4v) is 3.15. The van der Waals surface area contributed by atoms with E-state index >= 15 is 0 Å². The quantitative estimate of drug-likeness (QED) is 0.795. The van der Waals surface area contributed by atoms with Gasteiger partial charge in [0, 0.05) is 32.7 Å². The first-order valence-corrected chi connectivity index (χ1v) is 9.60. The van der Waals surface area contributed by atoms with E-state index < -0.39 is 0 Å². The molecule has 0 atom stereocenters. The third-order valence-electron chi connectivity index (χ3n) is 4.78. The first-order chi connectivity index (χ1) is 13.6. The average Bonchev–Trinajstić information content (AvgIpc) is 2.72. The van der Waals surface area contributed by atoms with Crippen LogP contribution in [0.4, 0.5) is 0 Å². The highest BCUT2D eigenvalue weighted by atomic mass is 16.5. The topological polar surface area (TPSA) is 61.9 Å². The monoisotopic (exact) mass is 381 g/mol. The lowest BCUT2D eigenvalue weighted by Gasteiger charge is -2.34. The Morgan fingerprint density at radius 3 is 2.46 bits per heavy atom. The van der Waals surface area contributed by atoms with Gasteiger partial charge in [0.15, 0.2) is 6.61 Å². The van der Waals surface area contributed by atoms with E-state index in [1.54, 1.807) is 4.90 Å². The molecule has 1 N–H and O–H groups in total. The van der Waals surface area contributed by atoms with E-state index in [1.807, 2.05) is 61.5 Å². The van der Waals surface area contributed by atoms with Crippen LogP contribution in [-0.4, -0.2) is 60.9 Å². The lowest BCUT2D eigenvalue weighted by atomic mass is 10.2. The number of amides is 2. The summed E-state index contributed by atoms with van der Waals surface area (Å²) in [5.41, 5.74) is 2.18. The molecule has 2 amide bonds. The van der Waals surface area contributed by atoms with Crippen LogP contribution in [0.15, 0.2) is 54.6 Å². The summed E-state index contributed by atoms with van der Waals surface area (Å²) in [4.78, 5) is 28.4. The Labute approximate surface area is 166 Å². The number of nitrogens with one attached hydrogen (secondary N) is 1. The summed E-state index contributed by atoms with van der Waals surface area (Å²) in [7, 11) is 0. The van der Waals surface area contributed by atoms with Crippen molar-refractivity contribution in [1.82, 2.24) is 15.1 Å². The molecule has 148 valence electrons. The number of ether oxygens (including phenoxy) is 1. The zero-order chi connectivity index (χ0) is 19.8. The second-order valence-corrected chi connectivity index (χ2v) is 7.02. The summed E-state index contributed by atoms with van der Waals surface area (Å²) in [6.07, 6.45) is 0.